The van der Waals surface area contributed by atoms with Crippen LogP contribution in [0.3, 0.4) is 0 Å². The van der Waals surface area contributed by atoms with Crippen molar-refractivity contribution < 1.29 is 9.53 Å². The molecule has 1 aliphatic heterocycles. The van der Waals surface area contributed by atoms with E-state index < -0.39 is 0 Å². The third-order valence-corrected chi connectivity index (χ3v) is 4.49. The normalized spacial score (nSPS) is 14.6. The van der Waals surface area contributed by atoms with Crippen molar-refractivity contribution in [3.63, 3.8) is 0 Å². The van der Waals surface area contributed by atoms with E-state index in [1.54, 1.807) is 12.4 Å². The number of carbonyl (C=O) groups excluding carboxylic acids is 1. The highest BCUT2D eigenvalue weighted by Gasteiger charge is 2.14. The van der Waals surface area contributed by atoms with Crippen molar-refractivity contribution in [3.05, 3.63) is 60.0 Å². The summed E-state index contributed by atoms with van der Waals surface area (Å²) in [5, 5.41) is 4.12. The summed E-state index contributed by atoms with van der Waals surface area (Å²) in [5.41, 5.74) is 3.70. The lowest BCUT2D eigenvalue weighted by Gasteiger charge is -2.28. The number of carbonyl (C=O) groups is 1. The summed E-state index contributed by atoms with van der Waals surface area (Å²) in [6, 6.07) is 9.96. The minimum Gasteiger partial charge on any atom is -0.378 e. The zero-order chi connectivity index (χ0) is 17.1. The van der Waals surface area contributed by atoms with Crippen LogP contribution in [0.2, 0.25) is 0 Å². The molecule has 25 heavy (non-hydrogen) atoms. The maximum absolute atomic E-state index is 12.5. The Hall–Kier alpha value is -2.86. The topological polar surface area (TPSA) is 70.2 Å². The molecule has 1 fully saturated rings. The minimum absolute atomic E-state index is 0.116. The molecule has 3 heterocycles. The first-order valence-corrected chi connectivity index (χ1v) is 8.42. The molecule has 128 valence electrons. The Labute approximate surface area is 145 Å². The molecule has 2 N–H and O–H groups in total. The van der Waals surface area contributed by atoms with Crippen LogP contribution in [0, 0.1) is 0 Å². The molecule has 0 saturated carbocycles. The van der Waals surface area contributed by atoms with Crippen LogP contribution in [0.25, 0.3) is 10.9 Å². The molecule has 0 unspecified atom stereocenters. The Morgan fingerprint density at radius 3 is 3.00 bits per heavy atom. The van der Waals surface area contributed by atoms with Gasteiger partial charge in [0, 0.05) is 42.9 Å². The molecule has 6 heteroatoms. The van der Waals surface area contributed by atoms with Crippen LogP contribution in [-0.4, -0.2) is 42.2 Å². The number of morpholine rings is 1. The van der Waals surface area contributed by atoms with Gasteiger partial charge in [-0.15, -0.1) is 0 Å². The number of H-pyrrole nitrogens is 1. The van der Waals surface area contributed by atoms with Crippen molar-refractivity contribution in [2.75, 3.05) is 31.2 Å². The highest BCUT2D eigenvalue weighted by Crippen LogP contribution is 2.18. The number of amides is 1. The number of benzene rings is 1. The minimum atomic E-state index is -0.116. The van der Waals surface area contributed by atoms with E-state index in [0.717, 1.165) is 35.2 Å². The lowest BCUT2D eigenvalue weighted by Crippen LogP contribution is -2.36. The van der Waals surface area contributed by atoms with Crippen molar-refractivity contribution >= 4 is 22.5 Å². The molecule has 0 spiro atoms. The highest BCUT2D eigenvalue weighted by molar-refractivity contribution is 5.95. The van der Waals surface area contributed by atoms with E-state index in [1.165, 1.54) is 0 Å². The van der Waals surface area contributed by atoms with Crippen LogP contribution in [0.15, 0.2) is 48.9 Å². The number of hydrogen-bond donors (Lipinski definition) is 2. The molecule has 6 nitrogen and oxygen atoms in total. The lowest BCUT2D eigenvalue weighted by atomic mass is 10.1. The first kappa shape index (κ1) is 15.7. The summed E-state index contributed by atoms with van der Waals surface area (Å²) in [6.07, 6.45) is 5.31. The van der Waals surface area contributed by atoms with Gasteiger partial charge in [-0.05, 0) is 23.8 Å². The van der Waals surface area contributed by atoms with E-state index >= 15 is 0 Å². The first-order valence-electron chi connectivity index (χ1n) is 8.42. The number of anilines is 1. The number of nitrogens with zero attached hydrogens (tertiary/aromatic N) is 2. The quantitative estimate of drug-likeness (QED) is 0.767. The molecule has 3 aromatic rings. The summed E-state index contributed by atoms with van der Waals surface area (Å²) < 4.78 is 5.37. The summed E-state index contributed by atoms with van der Waals surface area (Å²) in [6.45, 7) is 3.54. The van der Waals surface area contributed by atoms with Crippen LogP contribution in [0.4, 0.5) is 5.69 Å². The van der Waals surface area contributed by atoms with Crippen LogP contribution < -0.4 is 10.2 Å². The van der Waals surface area contributed by atoms with Gasteiger partial charge >= 0.3 is 0 Å². The Kier molecular flexibility index (Phi) is 4.35. The van der Waals surface area contributed by atoms with Gasteiger partial charge in [0.05, 0.1) is 30.7 Å². The van der Waals surface area contributed by atoms with E-state index in [9.17, 15) is 4.79 Å². The molecule has 0 bridgehead atoms. The Morgan fingerprint density at radius 2 is 2.12 bits per heavy atom. The third kappa shape index (κ3) is 3.34. The lowest BCUT2D eigenvalue weighted by molar-refractivity contribution is 0.0950. The van der Waals surface area contributed by atoms with E-state index in [0.29, 0.717) is 25.3 Å². The Bertz CT molecular complexity index is 884. The molecule has 1 amide bonds. The molecule has 1 aliphatic rings. The average molecular weight is 336 g/mol. The van der Waals surface area contributed by atoms with E-state index in [-0.39, 0.29) is 5.91 Å². The van der Waals surface area contributed by atoms with Crippen molar-refractivity contribution in [1.82, 2.24) is 15.3 Å². The highest BCUT2D eigenvalue weighted by atomic mass is 16.5. The number of ether oxygens (including phenoxy) is 1. The summed E-state index contributed by atoms with van der Waals surface area (Å²) in [7, 11) is 0. The molecule has 0 radical (unpaired) electrons. The second kappa shape index (κ2) is 6.94. The van der Waals surface area contributed by atoms with Crippen LogP contribution in [0.5, 0.6) is 0 Å². The predicted octanol–water partition coefficient (Wildman–Crippen LogP) is 2.33. The van der Waals surface area contributed by atoms with Gasteiger partial charge in [0.25, 0.3) is 5.91 Å². The van der Waals surface area contributed by atoms with Gasteiger partial charge in [-0.3, -0.25) is 9.78 Å². The Balaban J connectivity index is 1.47. The zero-order valence-corrected chi connectivity index (χ0v) is 13.9. The van der Waals surface area contributed by atoms with Crippen molar-refractivity contribution in [3.8, 4) is 0 Å². The van der Waals surface area contributed by atoms with Gasteiger partial charge in [-0.2, -0.15) is 0 Å². The summed E-state index contributed by atoms with van der Waals surface area (Å²) >= 11 is 0. The van der Waals surface area contributed by atoms with Gasteiger partial charge in [0.15, 0.2) is 0 Å². The van der Waals surface area contributed by atoms with Gasteiger partial charge < -0.3 is 19.9 Å². The smallest absolute Gasteiger partial charge is 0.253 e. The van der Waals surface area contributed by atoms with Gasteiger partial charge in [0.1, 0.15) is 0 Å². The van der Waals surface area contributed by atoms with Crippen LogP contribution in [-0.2, 0) is 11.3 Å². The molecule has 4 rings (SSSR count). The maximum atomic E-state index is 12.5. The number of rotatable bonds is 4. The number of aromatic amines is 1. The average Bonchev–Trinajstić information content (AvgIpc) is 3.16. The van der Waals surface area contributed by atoms with Gasteiger partial charge in [-0.25, -0.2) is 0 Å². The van der Waals surface area contributed by atoms with Crippen LogP contribution >= 0.6 is 0 Å². The van der Waals surface area contributed by atoms with Gasteiger partial charge in [-0.1, -0.05) is 12.1 Å². The summed E-state index contributed by atoms with van der Waals surface area (Å²) in [4.78, 5) is 22.1. The number of hydrogen-bond acceptors (Lipinski definition) is 4. The maximum Gasteiger partial charge on any atom is 0.253 e. The number of pyridine rings is 1. The monoisotopic (exact) mass is 336 g/mol. The molecular weight excluding hydrogens is 316 g/mol. The zero-order valence-electron chi connectivity index (χ0n) is 13.9. The number of nitrogens with one attached hydrogen (secondary N) is 2. The number of aromatic nitrogens is 2. The molecular formula is C19H20N4O2. The van der Waals surface area contributed by atoms with Crippen LogP contribution in [0.1, 0.15) is 15.9 Å². The second-order valence-corrected chi connectivity index (χ2v) is 6.07. The fourth-order valence-electron chi connectivity index (χ4n) is 3.13. The molecule has 1 saturated heterocycles. The molecule has 0 atom stereocenters. The fraction of sp³-hybridized carbons (Fsp3) is 0.263. The molecule has 0 aliphatic carbocycles. The largest absolute Gasteiger partial charge is 0.378 e. The van der Waals surface area contributed by atoms with E-state index in [4.69, 9.17) is 4.74 Å². The van der Waals surface area contributed by atoms with E-state index in [1.807, 2.05) is 36.5 Å². The fourth-order valence-corrected chi connectivity index (χ4v) is 3.13. The first-order chi connectivity index (χ1) is 12.3. The van der Waals surface area contributed by atoms with Gasteiger partial charge in [0.2, 0.25) is 0 Å². The second-order valence-electron chi connectivity index (χ2n) is 6.07. The SMILES string of the molecule is O=C(NCc1cccc2[nH]ccc12)c1cncc(N2CCOCC2)c1. The summed E-state index contributed by atoms with van der Waals surface area (Å²) in [5.74, 6) is -0.116. The van der Waals surface area contributed by atoms with Crippen molar-refractivity contribution in [1.29, 1.82) is 0 Å². The predicted molar refractivity (Wildman–Crippen MR) is 96.7 cm³/mol. The standard InChI is InChI=1S/C19H20N4O2/c24-19(22-12-14-2-1-3-18-17(14)4-5-21-18)15-10-16(13-20-11-15)23-6-8-25-9-7-23/h1-5,10-11,13,21H,6-9,12H2,(H,22,24). The molecule has 1 aromatic carbocycles. The molecule has 2 aromatic heterocycles. The van der Waals surface area contributed by atoms with Crippen molar-refractivity contribution in [2.45, 2.75) is 6.54 Å². The number of fused-ring (bicyclic) bond motifs is 1. The van der Waals surface area contributed by atoms with E-state index in [2.05, 4.69) is 20.2 Å². The van der Waals surface area contributed by atoms with Crippen molar-refractivity contribution in [2.24, 2.45) is 0 Å². The third-order valence-electron chi connectivity index (χ3n) is 4.49. The Morgan fingerprint density at radius 1 is 1.24 bits per heavy atom.